The maximum Gasteiger partial charge on any atom is 0.122 e. The second-order valence-electron chi connectivity index (χ2n) is 4.80. The second-order valence-corrected chi connectivity index (χ2v) is 4.80. The van der Waals surface area contributed by atoms with Gasteiger partial charge in [0.05, 0.1) is 25.4 Å². The molecule has 1 aromatic carbocycles. The lowest BCUT2D eigenvalue weighted by molar-refractivity contribution is 0.325. The van der Waals surface area contributed by atoms with Crippen LogP contribution in [0.3, 0.4) is 0 Å². The van der Waals surface area contributed by atoms with Crippen LogP contribution in [0.5, 0.6) is 11.5 Å². The third-order valence-electron chi connectivity index (χ3n) is 3.43. The van der Waals surface area contributed by atoms with Crippen molar-refractivity contribution in [1.82, 2.24) is 0 Å². The first-order valence-corrected chi connectivity index (χ1v) is 7.32. The van der Waals surface area contributed by atoms with E-state index in [9.17, 15) is 0 Å². The first-order chi connectivity index (χ1) is 9.28. The van der Waals surface area contributed by atoms with Gasteiger partial charge in [0, 0.05) is 0 Å². The smallest absolute Gasteiger partial charge is 0.122 e. The predicted molar refractivity (Wildman–Crippen MR) is 76.1 cm³/mol. The molecule has 2 rings (SSSR count). The quantitative estimate of drug-likeness (QED) is 0.672. The molecule has 3 heteroatoms. The highest BCUT2D eigenvalue weighted by Crippen LogP contribution is 2.32. The minimum absolute atomic E-state index is 0.440. The molecule has 19 heavy (non-hydrogen) atoms. The fraction of sp³-hybridized carbons (Fsp3) is 0.625. The molecule has 0 spiro atoms. The predicted octanol–water partition coefficient (Wildman–Crippen LogP) is 3.59. The Balaban J connectivity index is 1.99. The Kier molecular flexibility index (Phi) is 5.08. The summed E-state index contributed by atoms with van der Waals surface area (Å²) in [4.78, 5) is 0. The van der Waals surface area contributed by atoms with Gasteiger partial charge in [0.15, 0.2) is 0 Å². The number of rotatable bonds is 8. The molecule has 1 fully saturated rings. The topological polar surface area (TPSA) is 31.0 Å². The van der Waals surface area contributed by atoms with E-state index in [1.165, 1.54) is 5.56 Å². The van der Waals surface area contributed by atoms with Crippen LogP contribution in [0.25, 0.3) is 0 Å². The molecule has 2 atom stereocenters. The molecule has 1 aromatic rings. The van der Waals surface area contributed by atoms with Crippen LogP contribution in [-0.2, 0) is 11.2 Å². The zero-order valence-corrected chi connectivity index (χ0v) is 12.1. The highest BCUT2D eigenvalue weighted by atomic mass is 16.6. The minimum Gasteiger partial charge on any atom is -0.494 e. The van der Waals surface area contributed by atoms with Crippen molar-refractivity contribution in [1.29, 1.82) is 0 Å². The number of hydrogen-bond acceptors (Lipinski definition) is 3. The van der Waals surface area contributed by atoms with Crippen LogP contribution >= 0.6 is 0 Å². The van der Waals surface area contributed by atoms with E-state index < -0.39 is 0 Å². The second kappa shape index (κ2) is 6.80. The molecule has 3 nitrogen and oxygen atoms in total. The van der Waals surface area contributed by atoms with Crippen LogP contribution in [0, 0.1) is 0 Å². The number of benzene rings is 1. The highest BCUT2D eigenvalue weighted by Gasteiger charge is 2.36. The van der Waals surface area contributed by atoms with Crippen molar-refractivity contribution < 1.29 is 14.2 Å². The molecule has 0 saturated carbocycles. The third-order valence-corrected chi connectivity index (χ3v) is 3.43. The molecular formula is C16H24O3. The number of ether oxygens (including phenoxy) is 3. The summed E-state index contributed by atoms with van der Waals surface area (Å²) in [6.45, 7) is 7.57. The zero-order valence-electron chi connectivity index (χ0n) is 12.1. The number of hydrogen-bond donors (Lipinski definition) is 0. The first-order valence-electron chi connectivity index (χ1n) is 7.32. The van der Waals surface area contributed by atoms with Gasteiger partial charge in [-0.2, -0.15) is 0 Å². The standard InChI is InChI=1S/C16H24O3/c1-4-14-16(19-14)9-7-12-11-13(17-5-2)8-10-15(12)18-6-3/h8,10-11,14,16H,4-7,9H2,1-3H3. The Morgan fingerprint density at radius 1 is 1.05 bits per heavy atom. The zero-order chi connectivity index (χ0) is 13.7. The van der Waals surface area contributed by atoms with Gasteiger partial charge >= 0.3 is 0 Å². The fourth-order valence-corrected chi connectivity index (χ4v) is 2.39. The van der Waals surface area contributed by atoms with Gasteiger partial charge in [-0.3, -0.25) is 0 Å². The van der Waals surface area contributed by atoms with Crippen molar-refractivity contribution in [3.05, 3.63) is 23.8 Å². The van der Waals surface area contributed by atoms with E-state index in [0.717, 1.165) is 30.8 Å². The Hall–Kier alpha value is -1.22. The van der Waals surface area contributed by atoms with Gasteiger partial charge in [0.25, 0.3) is 0 Å². The molecule has 2 unspecified atom stereocenters. The van der Waals surface area contributed by atoms with Crippen molar-refractivity contribution in [2.24, 2.45) is 0 Å². The van der Waals surface area contributed by atoms with E-state index in [4.69, 9.17) is 14.2 Å². The summed E-state index contributed by atoms with van der Waals surface area (Å²) in [6, 6.07) is 6.08. The van der Waals surface area contributed by atoms with E-state index in [2.05, 4.69) is 13.0 Å². The monoisotopic (exact) mass is 264 g/mol. The molecular weight excluding hydrogens is 240 g/mol. The van der Waals surface area contributed by atoms with Gasteiger partial charge in [-0.15, -0.1) is 0 Å². The summed E-state index contributed by atoms with van der Waals surface area (Å²) in [5.74, 6) is 1.89. The van der Waals surface area contributed by atoms with E-state index >= 15 is 0 Å². The maximum atomic E-state index is 5.68. The summed E-state index contributed by atoms with van der Waals surface area (Å²) in [6.07, 6.45) is 4.08. The minimum atomic E-state index is 0.440. The Morgan fingerprint density at radius 2 is 1.84 bits per heavy atom. The number of epoxide rings is 1. The van der Waals surface area contributed by atoms with Gasteiger partial charge in [0.2, 0.25) is 0 Å². The molecule has 1 aliphatic heterocycles. The molecule has 0 bridgehead atoms. The average Bonchev–Trinajstić information content (AvgIpc) is 3.18. The van der Waals surface area contributed by atoms with Crippen LogP contribution in [0.1, 0.15) is 39.2 Å². The molecule has 1 aliphatic rings. The van der Waals surface area contributed by atoms with Crippen molar-refractivity contribution in [3.8, 4) is 11.5 Å². The lowest BCUT2D eigenvalue weighted by atomic mass is 10.0. The Labute approximate surface area is 115 Å². The van der Waals surface area contributed by atoms with Gasteiger partial charge in [-0.05, 0) is 56.9 Å². The molecule has 0 N–H and O–H groups in total. The van der Waals surface area contributed by atoms with Crippen LogP contribution < -0.4 is 9.47 Å². The molecule has 0 radical (unpaired) electrons. The highest BCUT2D eigenvalue weighted by molar-refractivity contribution is 5.40. The van der Waals surface area contributed by atoms with E-state index in [1.54, 1.807) is 0 Å². The van der Waals surface area contributed by atoms with E-state index in [-0.39, 0.29) is 0 Å². The van der Waals surface area contributed by atoms with Crippen molar-refractivity contribution in [2.45, 2.75) is 52.2 Å². The SMILES string of the molecule is CCOc1ccc(OCC)c(CCC2OC2CC)c1. The lowest BCUT2D eigenvalue weighted by Gasteiger charge is -2.12. The first kappa shape index (κ1) is 14.2. The molecule has 0 amide bonds. The van der Waals surface area contributed by atoms with E-state index in [1.807, 2.05) is 26.0 Å². The fourth-order valence-electron chi connectivity index (χ4n) is 2.39. The third kappa shape index (κ3) is 3.87. The number of aryl methyl sites for hydroxylation is 1. The van der Waals surface area contributed by atoms with E-state index in [0.29, 0.717) is 25.4 Å². The largest absolute Gasteiger partial charge is 0.494 e. The average molecular weight is 264 g/mol. The summed E-state index contributed by atoms with van der Waals surface area (Å²) in [7, 11) is 0. The molecule has 0 aliphatic carbocycles. The lowest BCUT2D eigenvalue weighted by Crippen LogP contribution is -2.01. The van der Waals surface area contributed by atoms with Crippen LogP contribution in [0.15, 0.2) is 18.2 Å². The van der Waals surface area contributed by atoms with Crippen molar-refractivity contribution >= 4 is 0 Å². The normalized spacial score (nSPS) is 21.2. The Bertz CT molecular complexity index is 403. The van der Waals surface area contributed by atoms with Gasteiger partial charge < -0.3 is 14.2 Å². The van der Waals surface area contributed by atoms with Gasteiger partial charge in [-0.1, -0.05) is 6.92 Å². The summed E-state index contributed by atoms with van der Waals surface area (Å²) >= 11 is 0. The van der Waals surface area contributed by atoms with Crippen LogP contribution in [0.4, 0.5) is 0 Å². The van der Waals surface area contributed by atoms with Crippen LogP contribution in [0.2, 0.25) is 0 Å². The van der Waals surface area contributed by atoms with Gasteiger partial charge in [0.1, 0.15) is 11.5 Å². The summed E-state index contributed by atoms with van der Waals surface area (Å²) in [5, 5.41) is 0. The molecule has 0 aromatic heterocycles. The molecule has 1 saturated heterocycles. The van der Waals surface area contributed by atoms with Crippen LogP contribution in [-0.4, -0.2) is 25.4 Å². The molecule has 1 heterocycles. The maximum absolute atomic E-state index is 5.68. The Morgan fingerprint density at radius 3 is 2.47 bits per heavy atom. The summed E-state index contributed by atoms with van der Waals surface area (Å²) < 4.78 is 16.8. The van der Waals surface area contributed by atoms with Gasteiger partial charge in [-0.25, -0.2) is 0 Å². The van der Waals surface area contributed by atoms with Crippen molar-refractivity contribution in [3.63, 3.8) is 0 Å². The molecule has 106 valence electrons. The van der Waals surface area contributed by atoms with Crippen molar-refractivity contribution in [2.75, 3.05) is 13.2 Å². The summed E-state index contributed by atoms with van der Waals surface area (Å²) in [5.41, 5.74) is 1.22.